The summed E-state index contributed by atoms with van der Waals surface area (Å²) in [5, 5.41) is 13.9. The summed E-state index contributed by atoms with van der Waals surface area (Å²) in [5.74, 6) is -0.894. The van der Waals surface area contributed by atoms with Gasteiger partial charge in [0.15, 0.2) is 0 Å². The normalized spacial score (nSPS) is 13.2. The molecule has 0 bridgehead atoms. The van der Waals surface area contributed by atoms with Gasteiger partial charge in [0.2, 0.25) is 10.0 Å². The van der Waals surface area contributed by atoms with Crippen LogP contribution in [0.2, 0.25) is 0 Å². The van der Waals surface area contributed by atoms with Crippen molar-refractivity contribution in [2.45, 2.75) is 19.8 Å². The summed E-state index contributed by atoms with van der Waals surface area (Å²) in [6.45, 7) is 3.60. The molecule has 9 heteroatoms. The van der Waals surface area contributed by atoms with Gasteiger partial charge in [-0.15, -0.1) is 11.3 Å². The Labute approximate surface area is 182 Å². The summed E-state index contributed by atoms with van der Waals surface area (Å²) in [7, 11) is -3.38. The molecule has 2 aromatic carbocycles. The van der Waals surface area contributed by atoms with E-state index in [-0.39, 0.29) is 23.8 Å². The summed E-state index contributed by atoms with van der Waals surface area (Å²) in [6.07, 6.45) is 1.06. The molecular formula is C22H21FN2O4S2. The summed E-state index contributed by atoms with van der Waals surface area (Å²) < 4.78 is 40.6. The molecule has 1 atom stereocenters. The quantitative estimate of drug-likeness (QED) is 0.415. The first-order valence-corrected chi connectivity index (χ1v) is 12.3. The average Bonchev–Trinajstić information content (AvgIpc) is 3.17. The Bertz CT molecular complexity index is 1490. The van der Waals surface area contributed by atoms with Crippen LogP contribution >= 0.6 is 11.3 Å². The van der Waals surface area contributed by atoms with E-state index in [2.05, 4.69) is 9.71 Å². The van der Waals surface area contributed by atoms with Gasteiger partial charge in [-0.2, -0.15) is 0 Å². The van der Waals surface area contributed by atoms with Crippen LogP contribution in [0.5, 0.6) is 5.75 Å². The van der Waals surface area contributed by atoms with Crippen molar-refractivity contribution in [3.63, 3.8) is 0 Å². The molecule has 6 nitrogen and oxygen atoms in total. The number of halogens is 1. The third kappa shape index (κ3) is 3.96. The Morgan fingerprint density at radius 2 is 2.00 bits per heavy atom. The summed E-state index contributed by atoms with van der Waals surface area (Å²) >= 11 is 1.31. The van der Waals surface area contributed by atoms with Crippen molar-refractivity contribution < 1.29 is 17.9 Å². The van der Waals surface area contributed by atoms with Crippen LogP contribution in [0.15, 0.2) is 40.5 Å². The zero-order valence-electron chi connectivity index (χ0n) is 17.1. The largest absolute Gasteiger partial charge is 0.507 e. The molecule has 0 aliphatic rings. The number of hydrogen-bond acceptors (Lipinski definition) is 5. The minimum absolute atomic E-state index is 0.0107. The lowest BCUT2D eigenvalue weighted by molar-refractivity contribution is 0.477. The van der Waals surface area contributed by atoms with E-state index in [1.807, 2.05) is 11.4 Å². The lowest BCUT2D eigenvalue weighted by Crippen LogP contribution is -2.26. The molecule has 31 heavy (non-hydrogen) atoms. The lowest BCUT2D eigenvalue weighted by atomic mass is 9.92. The molecule has 0 radical (unpaired) electrons. The van der Waals surface area contributed by atoms with Gasteiger partial charge in [-0.3, -0.25) is 4.79 Å². The van der Waals surface area contributed by atoms with Gasteiger partial charge in [-0.1, -0.05) is 19.1 Å². The number of phenols is 1. The van der Waals surface area contributed by atoms with Gasteiger partial charge in [0, 0.05) is 22.9 Å². The number of aromatic nitrogens is 1. The number of fused-ring (bicyclic) bond motifs is 3. The third-order valence-electron chi connectivity index (χ3n) is 5.35. The fourth-order valence-corrected chi connectivity index (χ4v) is 5.19. The van der Waals surface area contributed by atoms with Crippen LogP contribution in [-0.2, 0) is 10.0 Å². The number of aromatic amines is 1. The molecule has 0 aliphatic heterocycles. The molecule has 0 aliphatic carbocycles. The Kier molecular flexibility index (Phi) is 5.36. The van der Waals surface area contributed by atoms with Gasteiger partial charge >= 0.3 is 0 Å². The highest BCUT2D eigenvalue weighted by Gasteiger charge is 2.20. The molecule has 0 spiro atoms. The zero-order valence-corrected chi connectivity index (χ0v) is 18.7. The Morgan fingerprint density at radius 3 is 2.68 bits per heavy atom. The third-order valence-corrected chi connectivity index (χ3v) is 6.96. The topological polar surface area (TPSA) is 99.3 Å². The van der Waals surface area contributed by atoms with Crippen LogP contribution < -0.4 is 10.3 Å². The number of aryl methyl sites for hydroxylation is 1. The van der Waals surface area contributed by atoms with Crippen molar-refractivity contribution >= 4 is 42.3 Å². The first-order valence-electron chi connectivity index (χ1n) is 9.57. The maximum atomic E-state index is 15.0. The number of pyridine rings is 1. The second-order valence-corrected chi connectivity index (χ2v) is 10.5. The molecule has 3 N–H and O–H groups in total. The number of H-pyrrole nitrogens is 1. The van der Waals surface area contributed by atoms with E-state index in [1.54, 1.807) is 32.0 Å². The van der Waals surface area contributed by atoms with Crippen LogP contribution in [0.25, 0.3) is 32.1 Å². The molecule has 162 valence electrons. The van der Waals surface area contributed by atoms with Crippen LogP contribution in [-0.4, -0.2) is 31.3 Å². The summed E-state index contributed by atoms with van der Waals surface area (Å²) in [6, 6.07) is 8.00. The van der Waals surface area contributed by atoms with E-state index in [1.165, 1.54) is 17.4 Å². The van der Waals surface area contributed by atoms with Gasteiger partial charge in [0.25, 0.3) is 5.56 Å². The number of hydrogen-bond donors (Lipinski definition) is 3. The molecule has 4 aromatic rings. The predicted octanol–water partition coefficient (Wildman–Crippen LogP) is 4.22. The molecule has 4 rings (SSSR count). The standard InChI is InChI=1S/C22H21FN2O4S2/c1-11-8-17(26)18(19-15-6-7-30-21(15)22(27)25-20(11)19)13-4-5-14(16(23)9-13)12(2)10-24-31(3,28)29/h4-9,12,24,26H,10H2,1-3H3,(H,25,27)/t12-/m0/s1. The van der Waals surface area contributed by atoms with Crippen LogP contribution in [0.1, 0.15) is 24.0 Å². The zero-order chi connectivity index (χ0) is 22.5. The minimum Gasteiger partial charge on any atom is -0.507 e. The molecule has 0 unspecified atom stereocenters. The molecule has 0 amide bonds. The van der Waals surface area contributed by atoms with Gasteiger partial charge < -0.3 is 10.1 Å². The number of sulfonamides is 1. The summed E-state index contributed by atoms with van der Waals surface area (Å²) in [4.78, 5) is 15.3. The van der Waals surface area contributed by atoms with E-state index in [4.69, 9.17) is 0 Å². The van der Waals surface area contributed by atoms with Gasteiger partial charge in [-0.05, 0) is 53.1 Å². The Balaban J connectivity index is 1.89. The molecule has 2 aromatic heterocycles. The van der Waals surface area contributed by atoms with Gasteiger partial charge in [0.1, 0.15) is 16.3 Å². The van der Waals surface area contributed by atoms with Crippen molar-refractivity contribution in [2.75, 3.05) is 12.8 Å². The molecule has 0 fully saturated rings. The molecule has 2 heterocycles. The van der Waals surface area contributed by atoms with E-state index >= 15 is 4.39 Å². The summed E-state index contributed by atoms with van der Waals surface area (Å²) in [5.41, 5.74) is 2.37. The second kappa shape index (κ2) is 7.74. The monoisotopic (exact) mass is 460 g/mol. The number of aromatic hydroxyl groups is 1. The first-order chi connectivity index (χ1) is 14.6. The Morgan fingerprint density at radius 1 is 1.26 bits per heavy atom. The number of rotatable bonds is 5. The first kappa shape index (κ1) is 21.5. The SMILES string of the molecule is Cc1cc(O)c(-c2ccc([C@@H](C)CNS(C)(=O)=O)c(F)c2)c2c1[nH]c(=O)c1sccc12. The van der Waals surface area contributed by atoms with E-state index in [9.17, 15) is 18.3 Å². The molecular weight excluding hydrogens is 439 g/mol. The maximum absolute atomic E-state index is 15.0. The lowest BCUT2D eigenvalue weighted by Gasteiger charge is -2.16. The minimum atomic E-state index is -3.38. The fraction of sp³-hybridized carbons (Fsp3) is 0.227. The second-order valence-electron chi connectivity index (χ2n) is 7.71. The van der Waals surface area contributed by atoms with Gasteiger partial charge in [-0.25, -0.2) is 17.5 Å². The highest BCUT2D eigenvalue weighted by molar-refractivity contribution is 7.88. The van der Waals surface area contributed by atoms with Crippen LogP contribution in [0.3, 0.4) is 0 Å². The highest BCUT2D eigenvalue weighted by Crippen LogP contribution is 2.41. The van der Waals surface area contributed by atoms with Crippen molar-refractivity contribution in [3.05, 3.63) is 63.0 Å². The van der Waals surface area contributed by atoms with Gasteiger partial charge in [0.05, 0.1) is 11.8 Å². The van der Waals surface area contributed by atoms with Crippen molar-refractivity contribution in [2.24, 2.45) is 0 Å². The average molecular weight is 461 g/mol. The van der Waals surface area contributed by atoms with Crippen molar-refractivity contribution in [1.29, 1.82) is 0 Å². The van der Waals surface area contributed by atoms with Crippen molar-refractivity contribution in [1.82, 2.24) is 9.71 Å². The van der Waals surface area contributed by atoms with Crippen LogP contribution in [0, 0.1) is 12.7 Å². The predicted molar refractivity (Wildman–Crippen MR) is 123 cm³/mol. The number of phenolic OH excluding ortho intramolecular Hbond substituents is 1. The number of thiophene rings is 1. The fourth-order valence-electron chi connectivity index (χ4n) is 3.84. The number of nitrogens with one attached hydrogen (secondary N) is 2. The van der Waals surface area contributed by atoms with E-state index in [0.717, 1.165) is 6.26 Å². The molecule has 0 saturated heterocycles. The Hall–Kier alpha value is -2.75. The van der Waals surface area contributed by atoms with E-state index in [0.29, 0.717) is 43.2 Å². The highest BCUT2D eigenvalue weighted by atomic mass is 32.2. The van der Waals surface area contributed by atoms with E-state index < -0.39 is 15.8 Å². The molecule has 0 saturated carbocycles. The number of benzene rings is 2. The van der Waals surface area contributed by atoms with Crippen molar-refractivity contribution in [3.8, 4) is 16.9 Å². The smallest absolute Gasteiger partial charge is 0.266 e. The maximum Gasteiger partial charge on any atom is 0.266 e. The van der Waals surface area contributed by atoms with Crippen LogP contribution in [0.4, 0.5) is 4.39 Å².